The van der Waals surface area contributed by atoms with Gasteiger partial charge in [0.1, 0.15) is 5.75 Å². The predicted molar refractivity (Wildman–Crippen MR) is 83.8 cm³/mol. The van der Waals surface area contributed by atoms with Gasteiger partial charge in [0.2, 0.25) is 0 Å². The first-order valence-corrected chi connectivity index (χ1v) is 7.35. The third-order valence-corrected chi connectivity index (χ3v) is 3.14. The van der Waals surface area contributed by atoms with Crippen LogP contribution in [0.25, 0.3) is 0 Å². The van der Waals surface area contributed by atoms with Crippen molar-refractivity contribution in [3.8, 4) is 5.75 Å². The molecular weight excluding hydrogens is 306 g/mol. The Morgan fingerprint density at radius 1 is 1.32 bits per heavy atom. The first-order chi connectivity index (χ1) is 9.21. The molecule has 106 valence electrons. The van der Waals surface area contributed by atoms with E-state index in [0.717, 1.165) is 41.3 Å². The van der Waals surface area contributed by atoms with Crippen molar-refractivity contribution in [2.75, 3.05) is 20.2 Å². The summed E-state index contributed by atoms with van der Waals surface area (Å²) in [5.74, 6) is 1.69. The molecule has 0 aromatic heterocycles. The molecule has 0 aliphatic heterocycles. The van der Waals surface area contributed by atoms with Crippen molar-refractivity contribution < 1.29 is 4.74 Å². The highest BCUT2D eigenvalue weighted by Gasteiger charge is 2.01. The molecule has 1 aromatic carbocycles. The molecule has 4 nitrogen and oxygen atoms in total. The maximum atomic E-state index is 5.21. The Morgan fingerprint density at radius 2 is 2.11 bits per heavy atom. The molecule has 0 heterocycles. The maximum absolute atomic E-state index is 5.21. The van der Waals surface area contributed by atoms with E-state index >= 15 is 0 Å². The van der Waals surface area contributed by atoms with Crippen molar-refractivity contribution in [3.05, 3.63) is 28.2 Å². The van der Waals surface area contributed by atoms with Gasteiger partial charge in [-0.25, -0.2) is 4.99 Å². The number of rotatable bonds is 6. The minimum absolute atomic E-state index is 0.641. The molecule has 0 fully saturated rings. The number of ether oxygens (including phenoxy) is 1. The summed E-state index contributed by atoms with van der Waals surface area (Å²) < 4.78 is 6.16. The van der Waals surface area contributed by atoms with Crippen molar-refractivity contribution in [3.63, 3.8) is 0 Å². The number of nitrogens with zero attached hydrogens (tertiary/aromatic N) is 1. The van der Waals surface area contributed by atoms with Gasteiger partial charge < -0.3 is 15.4 Å². The lowest BCUT2D eigenvalue weighted by atomic mass is 10.2. The summed E-state index contributed by atoms with van der Waals surface area (Å²) in [6.07, 6.45) is 1.08. The van der Waals surface area contributed by atoms with Gasteiger partial charge in [0.15, 0.2) is 5.96 Å². The molecule has 0 saturated carbocycles. The third kappa shape index (κ3) is 5.51. The van der Waals surface area contributed by atoms with Gasteiger partial charge in [-0.3, -0.25) is 0 Å². The van der Waals surface area contributed by atoms with E-state index in [1.807, 2.05) is 18.2 Å². The molecule has 0 unspecified atom stereocenters. The van der Waals surface area contributed by atoms with Crippen LogP contribution in [-0.2, 0) is 6.54 Å². The van der Waals surface area contributed by atoms with Gasteiger partial charge in [0.25, 0.3) is 0 Å². The summed E-state index contributed by atoms with van der Waals surface area (Å²) in [7, 11) is 1.66. The number of benzene rings is 1. The number of hydrogen-bond acceptors (Lipinski definition) is 2. The molecule has 1 aromatic rings. The van der Waals surface area contributed by atoms with E-state index in [9.17, 15) is 0 Å². The van der Waals surface area contributed by atoms with E-state index in [0.29, 0.717) is 6.54 Å². The average molecular weight is 328 g/mol. The van der Waals surface area contributed by atoms with Gasteiger partial charge in [0.05, 0.1) is 18.1 Å². The summed E-state index contributed by atoms with van der Waals surface area (Å²) >= 11 is 3.48. The molecule has 0 atom stereocenters. The number of halogens is 1. The number of hydrogen-bond donors (Lipinski definition) is 2. The number of aliphatic imine (C=N–C) groups is 1. The summed E-state index contributed by atoms with van der Waals surface area (Å²) in [6, 6.07) is 6.00. The van der Waals surface area contributed by atoms with E-state index in [2.05, 4.69) is 45.4 Å². The zero-order chi connectivity index (χ0) is 14.1. The molecule has 0 spiro atoms. The van der Waals surface area contributed by atoms with Crippen molar-refractivity contribution in [1.82, 2.24) is 10.6 Å². The zero-order valence-electron chi connectivity index (χ0n) is 11.8. The predicted octanol–water partition coefficient (Wildman–Crippen LogP) is 2.92. The Balaban J connectivity index is 2.68. The van der Waals surface area contributed by atoms with Crippen LogP contribution in [0.2, 0.25) is 0 Å². The van der Waals surface area contributed by atoms with Crippen molar-refractivity contribution in [2.24, 2.45) is 4.99 Å². The maximum Gasteiger partial charge on any atom is 0.191 e. The lowest BCUT2D eigenvalue weighted by Crippen LogP contribution is -2.37. The Labute approximate surface area is 123 Å². The summed E-state index contributed by atoms with van der Waals surface area (Å²) in [4.78, 5) is 4.55. The molecule has 1 rings (SSSR count). The molecule has 0 amide bonds. The lowest BCUT2D eigenvalue weighted by Gasteiger charge is -2.10. The van der Waals surface area contributed by atoms with Crippen LogP contribution in [0.3, 0.4) is 0 Å². The molecular formula is C14H22BrN3O. The second-order valence-electron chi connectivity index (χ2n) is 4.09. The summed E-state index contributed by atoms with van der Waals surface area (Å²) in [6.45, 7) is 6.63. The number of nitrogens with one attached hydrogen (secondary N) is 2. The van der Waals surface area contributed by atoms with Gasteiger partial charge in [-0.1, -0.05) is 13.0 Å². The fourth-order valence-electron chi connectivity index (χ4n) is 1.56. The monoisotopic (exact) mass is 327 g/mol. The molecule has 0 bridgehead atoms. The number of guanidine groups is 1. The van der Waals surface area contributed by atoms with Crippen molar-refractivity contribution in [1.29, 1.82) is 0 Å². The van der Waals surface area contributed by atoms with Crippen LogP contribution in [0.4, 0.5) is 0 Å². The highest BCUT2D eigenvalue weighted by molar-refractivity contribution is 9.10. The van der Waals surface area contributed by atoms with Crippen LogP contribution in [0.5, 0.6) is 5.75 Å². The topological polar surface area (TPSA) is 45.7 Å². The van der Waals surface area contributed by atoms with Crippen LogP contribution in [-0.4, -0.2) is 26.2 Å². The molecule has 0 radical (unpaired) electrons. The highest BCUT2D eigenvalue weighted by atomic mass is 79.9. The normalized spacial score (nSPS) is 11.3. The van der Waals surface area contributed by atoms with E-state index in [4.69, 9.17) is 4.74 Å². The van der Waals surface area contributed by atoms with Gasteiger partial charge in [-0.15, -0.1) is 0 Å². The first kappa shape index (κ1) is 15.8. The fourth-order valence-corrected chi connectivity index (χ4v) is 2.15. The second kappa shape index (κ2) is 8.80. The largest absolute Gasteiger partial charge is 0.496 e. The quantitative estimate of drug-likeness (QED) is 0.623. The molecule has 0 saturated heterocycles. The van der Waals surface area contributed by atoms with Crippen LogP contribution in [0.1, 0.15) is 25.8 Å². The van der Waals surface area contributed by atoms with Crippen molar-refractivity contribution >= 4 is 21.9 Å². The Morgan fingerprint density at radius 3 is 2.68 bits per heavy atom. The van der Waals surface area contributed by atoms with Gasteiger partial charge in [0, 0.05) is 13.1 Å². The van der Waals surface area contributed by atoms with E-state index in [1.165, 1.54) is 0 Å². The van der Waals surface area contributed by atoms with Crippen LogP contribution in [0.15, 0.2) is 27.7 Å². The standard InChI is InChI=1S/C14H22BrN3O/c1-4-8-17-14(16-5-2)18-10-11-6-7-13(19-3)12(15)9-11/h6-7,9H,4-5,8,10H2,1-3H3,(H2,16,17,18). The Kier molecular flexibility index (Phi) is 7.33. The van der Waals surface area contributed by atoms with E-state index in [1.54, 1.807) is 7.11 Å². The summed E-state index contributed by atoms with van der Waals surface area (Å²) in [5, 5.41) is 6.51. The third-order valence-electron chi connectivity index (χ3n) is 2.52. The Bertz CT molecular complexity index is 421. The molecule has 5 heteroatoms. The van der Waals surface area contributed by atoms with Crippen LogP contribution in [0, 0.1) is 0 Å². The summed E-state index contributed by atoms with van der Waals surface area (Å²) in [5.41, 5.74) is 1.14. The van der Waals surface area contributed by atoms with Crippen LogP contribution < -0.4 is 15.4 Å². The zero-order valence-corrected chi connectivity index (χ0v) is 13.4. The van der Waals surface area contributed by atoms with E-state index < -0.39 is 0 Å². The lowest BCUT2D eigenvalue weighted by molar-refractivity contribution is 0.412. The van der Waals surface area contributed by atoms with Gasteiger partial charge in [-0.05, 0) is 47.0 Å². The SMILES string of the molecule is CCCNC(=NCc1ccc(OC)c(Br)c1)NCC. The molecule has 0 aliphatic rings. The molecule has 0 aliphatic carbocycles. The van der Waals surface area contributed by atoms with Gasteiger partial charge in [-0.2, -0.15) is 0 Å². The highest BCUT2D eigenvalue weighted by Crippen LogP contribution is 2.25. The number of methoxy groups -OCH3 is 1. The smallest absolute Gasteiger partial charge is 0.191 e. The van der Waals surface area contributed by atoms with Crippen molar-refractivity contribution in [2.45, 2.75) is 26.8 Å². The Hall–Kier alpha value is -1.23. The van der Waals surface area contributed by atoms with Gasteiger partial charge >= 0.3 is 0 Å². The molecule has 19 heavy (non-hydrogen) atoms. The fraction of sp³-hybridized carbons (Fsp3) is 0.500. The first-order valence-electron chi connectivity index (χ1n) is 6.55. The minimum Gasteiger partial charge on any atom is -0.496 e. The minimum atomic E-state index is 0.641. The molecule has 2 N–H and O–H groups in total. The van der Waals surface area contributed by atoms with Crippen LogP contribution >= 0.6 is 15.9 Å². The second-order valence-corrected chi connectivity index (χ2v) is 4.95. The average Bonchev–Trinajstić information content (AvgIpc) is 2.42. The van der Waals surface area contributed by atoms with E-state index in [-0.39, 0.29) is 0 Å².